The zero-order chi connectivity index (χ0) is 39.1. The molecule has 0 nitrogen and oxygen atoms in total. The second-order valence-electron chi connectivity index (χ2n) is 16.4. The third-order valence-electron chi connectivity index (χ3n) is 12.8. The van der Waals surface area contributed by atoms with Gasteiger partial charge in [-0.15, -0.1) is 0 Å². The maximum atomic E-state index is 3.73. The molecule has 6 rings (SSSR count). The first kappa shape index (κ1) is 43.9. The van der Waals surface area contributed by atoms with Crippen molar-refractivity contribution in [2.45, 2.75) is 139 Å². The van der Waals surface area contributed by atoms with E-state index in [9.17, 15) is 0 Å². The molecule has 0 N–H and O–H groups in total. The van der Waals surface area contributed by atoms with Gasteiger partial charge in [0.05, 0.1) is 0 Å². The number of hydrogen-bond donors (Lipinski definition) is 0. The van der Waals surface area contributed by atoms with Gasteiger partial charge in [0.1, 0.15) is 0 Å². The van der Waals surface area contributed by atoms with Gasteiger partial charge in [-0.3, -0.25) is 0 Å². The normalized spacial score (nSPS) is 14.1. The fraction of sp³-hybridized carbons (Fsp3) is 0.500. The summed E-state index contributed by atoms with van der Waals surface area (Å²) < 4.78 is 0. The first-order valence-corrected chi connectivity index (χ1v) is 26.3. The molecule has 0 heterocycles. The Morgan fingerprint density at radius 2 is 0.625 bits per heavy atom. The molecule has 4 aromatic rings. The molecule has 0 amide bonds. The summed E-state index contributed by atoms with van der Waals surface area (Å²) in [6.07, 6.45) is 25.4. The van der Waals surface area contributed by atoms with Gasteiger partial charge in [0.2, 0.25) is 0 Å². The van der Waals surface area contributed by atoms with E-state index in [2.05, 4.69) is 160 Å². The van der Waals surface area contributed by atoms with Crippen LogP contribution in [0.2, 0.25) is 0 Å². The van der Waals surface area contributed by atoms with E-state index >= 15 is 0 Å². The van der Waals surface area contributed by atoms with Crippen LogP contribution in [0.25, 0.3) is 22.3 Å². The Kier molecular flexibility index (Phi) is 17.8. The van der Waals surface area contributed by atoms with Gasteiger partial charge < -0.3 is 0 Å². The Hall–Kier alpha value is -1.64. The van der Waals surface area contributed by atoms with Gasteiger partial charge in [-0.1, -0.05) is 213 Å². The summed E-state index contributed by atoms with van der Waals surface area (Å²) in [5, 5.41) is 4.42. The van der Waals surface area contributed by atoms with Crippen LogP contribution < -0.4 is 0 Å². The minimum Gasteiger partial charge on any atom is -0.0928 e. The molecular weight excluding hydrogens is 944 g/mol. The van der Waals surface area contributed by atoms with E-state index in [0.29, 0.717) is 0 Å². The minimum atomic E-state index is 0.0639. The Morgan fingerprint density at radius 1 is 0.321 bits per heavy atom. The maximum Gasteiger partial charge on any atom is 0.0252 e. The fourth-order valence-corrected chi connectivity index (χ4v) is 11.6. The van der Waals surface area contributed by atoms with Gasteiger partial charge in [0.25, 0.3) is 0 Å². The lowest BCUT2D eigenvalue weighted by Crippen LogP contribution is -2.25. The average Bonchev–Trinajstić information content (AvgIpc) is 3.66. The average molecular weight is 1010 g/mol. The lowest BCUT2D eigenvalue weighted by molar-refractivity contribution is 0.401. The molecule has 56 heavy (non-hydrogen) atoms. The highest BCUT2D eigenvalue weighted by Gasteiger charge is 2.43. The van der Waals surface area contributed by atoms with Crippen LogP contribution in [0.5, 0.6) is 0 Å². The molecule has 0 saturated heterocycles. The highest BCUT2D eigenvalue weighted by atomic mass is 79.9. The van der Waals surface area contributed by atoms with Gasteiger partial charge in [0.15, 0.2) is 0 Å². The molecule has 298 valence electrons. The SMILES string of the molecule is BrCCCCCCC1(CCCCCCBr)c2ccccc2-c2ccc(C#Cc3ccc4c(c3)C(CCCCCCBr)(CCCCCCBr)c3ccccc3-4)cc21. The van der Waals surface area contributed by atoms with Crippen molar-refractivity contribution in [1.29, 1.82) is 0 Å². The van der Waals surface area contributed by atoms with Gasteiger partial charge in [-0.25, -0.2) is 0 Å². The van der Waals surface area contributed by atoms with E-state index < -0.39 is 0 Å². The highest BCUT2D eigenvalue weighted by Crippen LogP contribution is 2.56. The fourth-order valence-electron chi connectivity index (χ4n) is 10.0. The largest absolute Gasteiger partial charge is 0.0928 e. The number of rotatable bonds is 24. The predicted octanol–water partition coefficient (Wildman–Crippen LogP) is 17.0. The molecule has 0 aromatic heterocycles. The lowest BCUT2D eigenvalue weighted by Gasteiger charge is -2.33. The lowest BCUT2D eigenvalue weighted by atomic mass is 9.70. The van der Waals surface area contributed by atoms with Crippen molar-refractivity contribution in [2.75, 3.05) is 21.3 Å². The van der Waals surface area contributed by atoms with Gasteiger partial charge in [-0.2, -0.15) is 0 Å². The van der Waals surface area contributed by atoms with Crippen LogP contribution in [0, 0.1) is 11.8 Å². The smallest absolute Gasteiger partial charge is 0.0252 e. The number of fused-ring (bicyclic) bond motifs is 6. The second-order valence-corrected chi connectivity index (χ2v) is 19.6. The number of unbranched alkanes of at least 4 members (excludes halogenated alkanes) is 12. The molecule has 0 atom stereocenters. The standard InChI is InChI=1S/C52H62Br4/c53-35-17-5-1-13-31-51(32-14-2-6-18-36-54)47-23-11-9-21-43(47)45-29-27-41(39-49(45)51)25-26-42-28-30-46-44-22-10-12-24-48(44)52(50(46)40-42,33-15-3-7-19-37-55)34-16-4-8-20-38-56/h9-12,21-24,27-30,39-40H,1-8,13-20,31-38H2. The van der Waals surface area contributed by atoms with E-state index in [0.717, 1.165) is 32.4 Å². The zero-order valence-electron chi connectivity index (χ0n) is 33.6. The molecule has 0 unspecified atom stereocenters. The van der Waals surface area contributed by atoms with E-state index in [-0.39, 0.29) is 10.8 Å². The summed E-state index contributed by atoms with van der Waals surface area (Å²) in [7, 11) is 0. The van der Waals surface area contributed by atoms with Crippen LogP contribution in [0.3, 0.4) is 0 Å². The first-order valence-electron chi connectivity index (χ1n) is 21.9. The quantitative estimate of drug-likeness (QED) is 0.0373. The van der Waals surface area contributed by atoms with Crippen molar-refractivity contribution in [3.05, 3.63) is 118 Å². The molecule has 0 spiro atoms. The molecule has 4 heteroatoms. The number of benzene rings is 4. The van der Waals surface area contributed by atoms with Crippen LogP contribution in [0.15, 0.2) is 84.9 Å². The number of hydrogen-bond acceptors (Lipinski definition) is 0. The summed E-state index contributed by atoms with van der Waals surface area (Å²) in [6.45, 7) is 0. The Balaban J connectivity index is 1.34. The molecular formula is C52H62Br4. The van der Waals surface area contributed by atoms with Crippen molar-refractivity contribution in [3.63, 3.8) is 0 Å². The Morgan fingerprint density at radius 3 is 0.964 bits per heavy atom. The first-order chi connectivity index (χ1) is 27.6. The molecule has 2 aliphatic carbocycles. The Bertz CT molecular complexity index is 1730. The topological polar surface area (TPSA) is 0 Å². The summed E-state index contributed by atoms with van der Waals surface area (Å²) in [4.78, 5) is 0. The molecule has 4 aromatic carbocycles. The van der Waals surface area contributed by atoms with Crippen LogP contribution in [0.1, 0.15) is 162 Å². The zero-order valence-corrected chi connectivity index (χ0v) is 39.9. The molecule has 0 saturated carbocycles. The maximum absolute atomic E-state index is 3.73. The van der Waals surface area contributed by atoms with Gasteiger partial charge in [-0.05, 0) is 120 Å². The number of halogens is 4. The van der Waals surface area contributed by atoms with Crippen molar-refractivity contribution < 1.29 is 0 Å². The van der Waals surface area contributed by atoms with Crippen LogP contribution in [0.4, 0.5) is 0 Å². The summed E-state index contributed by atoms with van der Waals surface area (Å²) in [6, 6.07) is 33.0. The van der Waals surface area contributed by atoms with Crippen LogP contribution in [-0.4, -0.2) is 21.3 Å². The third-order valence-corrected chi connectivity index (χ3v) is 15.1. The van der Waals surface area contributed by atoms with E-state index in [1.54, 1.807) is 11.1 Å². The summed E-state index contributed by atoms with van der Waals surface area (Å²) in [5.41, 5.74) is 14.3. The minimum absolute atomic E-state index is 0.0639. The third kappa shape index (κ3) is 10.4. The van der Waals surface area contributed by atoms with Crippen molar-refractivity contribution >= 4 is 63.7 Å². The monoisotopic (exact) mass is 1000 g/mol. The molecule has 2 aliphatic rings. The molecule has 0 aliphatic heterocycles. The molecule has 0 fully saturated rings. The van der Waals surface area contributed by atoms with Crippen molar-refractivity contribution in [2.24, 2.45) is 0 Å². The van der Waals surface area contributed by atoms with Crippen molar-refractivity contribution in [1.82, 2.24) is 0 Å². The van der Waals surface area contributed by atoms with Crippen molar-refractivity contribution in [3.8, 4) is 34.1 Å². The molecule has 0 radical (unpaired) electrons. The summed E-state index contributed by atoms with van der Waals surface area (Å²) >= 11 is 14.6. The van der Waals surface area contributed by atoms with E-state index in [1.807, 2.05) is 0 Å². The second kappa shape index (κ2) is 22.7. The van der Waals surface area contributed by atoms with E-state index in [1.165, 1.54) is 162 Å². The predicted molar refractivity (Wildman–Crippen MR) is 259 cm³/mol. The summed E-state index contributed by atoms with van der Waals surface area (Å²) in [5.74, 6) is 7.45. The van der Waals surface area contributed by atoms with E-state index in [4.69, 9.17) is 0 Å². The van der Waals surface area contributed by atoms with Crippen LogP contribution >= 0.6 is 63.7 Å². The van der Waals surface area contributed by atoms with Gasteiger partial charge >= 0.3 is 0 Å². The van der Waals surface area contributed by atoms with Gasteiger partial charge in [0, 0.05) is 43.3 Å². The number of alkyl halides is 4. The highest BCUT2D eigenvalue weighted by molar-refractivity contribution is 9.09. The van der Waals surface area contributed by atoms with Crippen LogP contribution in [-0.2, 0) is 10.8 Å². The Labute approximate surface area is 373 Å². The molecule has 0 bridgehead atoms.